The van der Waals surface area contributed by atoms with Gasteiger partial charge >= 0.3 is 5.97 Å². The molecule has 0 unspecified atom stereocenters. The molecule has 1 aliphatic heterocycles. The van der Waals surface area contributed by atoms with E-state index < -0.39 is 17.8 Å². The molecule has 3 aromatic rings. The van der Waals surface area contributed by atoms with Crippen LogP contribution >= 0.6 is 28.1 Å². The summed E-state index contributed by atoms with van der Waals surface area (Å²) < 4.78 is 12.1. The summed E-state index contributed by atoms with van der Waals surface area (Å²) in [4.78, 5) is 38.2. The lowest BCUT2D eigenvalue weighted by Gasteiger charge is -2.29. The topological polar surface area (TPSA) is 105 Å². The fourth-order valence-electron chi connectivity index (χ4n) is 3.50. The Morgan fingerprint density at radius 3 is 2.53 bits per heavy atom. The van der Waals surface area contributed by atoms with Gasteiger partial charge in [0.2, 0.25) is 0 Å². The van der Waals surface area contributed by atoms with Crippen molar-refractivity contribution < 1.29 is 29.0 Å². The standard InChI is InChI=1S/C26H19BrN2O6S/c1-34-22-13-15(5-10-21(22)35-14-16-3-2-4-17(11-16)25(32)33)12-20-23(30)28-26(36)29(24(20)31)19-8-6-18(27)7-9-19/h2-13H,14H2,1H3,(H,32,33)(H,28,30,36)/b20-12+. The molecular formula is C26H19BrN2O6S. The summed E-state index contributed by atoms with van der Waals surface area (Å²) in [7, 11) is 1.47. The summed E-state index contributed by atoms with van der Waals surface area (Å²) in [5.41, 5.74) is 1.81. The smallest absolute Gasteiger partial charge is 0.335 e. The zero-order valence-electron chi connectivity index (χ0n) is 18.9. The number of nitrogens with zero attached hydrogens (tertiary/aromatic N) is 1. The Kier molecular flexibility index (Phi) is 7.47. The number of carbonyl (C=O) groups is 3. The molecule has 0 aromatic heterocycles. The van der Waals surface area contributed by atoms with Crippen LogP contribution < -0.4 is 19.7 Å². The lowest BCUT2D eigenvalue weighted by Crippen LogP contribution is -2.54. The van der Waals surface area contributed by atoms with E-state index in [-0.39, 0.29) is 22.9 Å². The minimum Gasteiger partial charge on any atom is -0.493 e. The molecule has 0 aliphatic carbocycles. The summed E-state index contributed by atoms with van der Waals surface area (Å²) >= 11 is 8.58. The van der Waals surface area contributed by atoms with E-state index in [9.17, 15) is 14.4 Å². The first-order chi connectivity index (χ1) is 17.3. The highest BCUT2D eigenvalue weighted by Gasteiger charge is 2.34. The fraction of sp³-hybridized carbons (Fsp3) is 0.0769. The predicted octanol–water partition coefficient (Wildman–Crippen LogP) is 4.57. The number of carbonyl (C=O) groups excluding carboxylic acids is 2. The molecule has 10 heteroatoms. The summed E-state index contributed by atoms with van der Waals surface area (Å²) in [6.07, 6.45) is 1.45. The Bertz CT molecular complexity index is 1400. The molecule has 1 fully saturated rings. The lowest BCUT2D eigenvalue weighted by atomic mass is 10.1. The van der Waals surface area contributed by atoms with Gasteiger partial charge in [-0.3, -0.25) is 19.8 Å². The molecule has 1 saturated heterocycles. The second-order valence-corrected chi connectivity index (χ2v) is 8.94. The van der Waals surface area contributed by atoms with Crippen LogP contribution in [0.1, 0.15) is 21.5 Å². The first kappa shape index (κ1) is 25.1. The predicted molar refractivity (Wildman–Crippen MR) is 141 cm³/mol. The number of amides is 2. The Labute approximate surface area is 220 Å². The number of ether oxygens (including phenoxy) is 2. The van der Waals surface area contributed by atoms with Gasteiger partial charge in [0.25, 0.3) is 11.8 Å². The Morgan fingerprint density at radius 2 is 1.83 bits per heavy atom. The van der Waals surface area contributed by atoms with Crippen LogP contribution in [0, 0.1) is 0 Å². The Morgan fingerprint density at radius 1 is 1.08 bits per heavy atom. The van der Waals surface area contributed by atoms with Crippen LogP contribution in [0.3, 0.4) is 0 Å². The molecule has 182 valence electrons. The molecule has 4 rings (SSSR count). The van der Waals surface area contributed by atoms with E-state index in [4.69, 9.17) is 26.8 Å². The number of anilines is 1. The van der Waals surface area contributed by atoms with Gasteiger partial charge in [0.05, 0.1) is 18.4 Å². The molecule has 3 aromatic carbocycles. The molecule has 1 aliphatic rings. The number of benzene rings is 3. The first-order valence-corrected chi connectivity index (χ1v) is 11.8. The van der Waals surface area contributed by atoms with Crippen LogP contribution in [-0.4, -0.2) is 35.1 Å². The van der Waals surface area contributed by atoms with Gasteiger partial charge in [-0.15, -0.1) is 0 Å². The highest BCUT2D eigenvalue weighted by molar-refractivity contribution is 9.10. The van der Waals surface area contributed by atoms with Gasteiger partial charge in [0.15, 0.2) is 16.6 Å². The third kappa shape index (κ3) is 5.45. The first-order valence-electron chi connectivity index (χ1n) is 10.6. The summed E-state index contributed by atoms with van der Waals surface area (Å²) in [6, 6.07) is 18.4. The number of hydrogen-bond donors (Lipinski definition) is 2. The van der Waals surface area contributed by atoms with Crippen molar-refractivity contribution in [3.63, 3.8) is 0 Å². The second kappa shape index (κ2) is 10.7. The molecule has 8 nitrogen and oxygen atoms in total. The maximum atomic E-state index is 13.2. The molecule has 1 heterocycles. The van der Waals surface area contributed by atoms with Crippen molar-refractivity contribution in [1.29, 1.82) is 0 Å². The third-order valence-corrected chi connectivity index (χ3v) is 6.07. The number of aromatic carboxylic acids is 1. The number of thiocarbonyl (C=S) groups is 1. The molecule has 2 N–H and O–H groups in total. The molecule has 0 atom stereocenters. The van der Waals surface area contributed by atoms with Crippen molar-refractivity contribution in [1.82, 2.24) is 5.32 Å². The number of rotatable bonds is 7. The van der Waals surface area contributed by atoms with Crippen molar-refractivity contribution in [3.8, 4) is 11.5 Å². The highest BCUT2D eigenvalue weighted by atomic mass is 79.9. The fourth-order valence-corrected chi connectivity index (χ4v) is 4.04. The average molecular weight is 567 g/mol. The Hall–Kier alpha value is -4.02. The molecule has 36 heavy (non-hydrogen) atoms. The van der Waals surface area contributed by atoms with Crippen molar-refractivity contribution in [2.75, 3.05) is 12.0 Å². The van der Waals surface area contributed by atoms with Crippen LogP contribution in [0.2, 0.25) is 0 Å². The van der Waals surface area contributed by atoms with Gasteiger partial charge in [0, 0.05) is 4.47 Å². The molecule has 0 saturated carbocycles. The third-order valence-electron chi connectivity index (χ3n) is 5.25. The van der Waals surface area contributed by atoms with Gasteiger partial charge in [-0.1, -0.05) is 34.1 Å². The summed E-state index contributed by atoms with van der Waals surface area (Å²) in [6.45, 7) is 0.123. The van der Waals surface area contributed by atoms with Crippen LogP contribution in [-0.2, 0) is 16.2 Å². The van der Waals surface area contributed by atoms with Gasteiger partial charge in [-0.2, -0.15) is 0 Å². The number of carboxylic acids is 1. The van der Waals surface area contributed by atoms with E-state index in [0.717, 1.165) is 4.47 Å². The van der Waals surface area contributed by atoms with E-state index in [1.54, 1.807) is 54.6 Å². The maximum Gasteiger partial charge on any atom is 0.335 e. The number of carboxylic acid groups (broad SMARTS) is 1. The summed E-state index contributed by atoms with van der Waals surface area (Å²) in [5, 5.41) is 11.7. The number of hydrogen-bond acceptors (Lipinski definition) is 6. The van der Waals surface area contributed by atoms with Gasteiger partial charge in [-0.25, -0.2) is 4.79 Å². The second-order valence-electron chi connectivity index (χ2n) is 7.64. The average Bonchev–Trinajstić information content (AvgIpc) is 2.86. The molecule has 0 spiro atoms. The van der Waals surface area contributed by atoms with Crippen LogP contribution in [0.25, 0.3) is 6.08 Å². The zero-order valence-corrected chi connectivity index (χ0v) is 21.3. The van der Waals surface area contributed by atoms with Crippen LogP contribution in [0.4, 0.5) is 5.69 Å². The molecular weight excluding hydrogens is 548 g/mol. The summed E-state index contributed by atoms with van der Waals surface area (Å²) in [5.74, 6) is -1.38. The SMILES string of the molecule is COc1cc(/C=C2\C(=O)NC(=S)N(c3ccc(Br)cc3)C2=O)ccc1OCc1cccc(C(=O)O)c1. The molecule has 0 radical (unpaired) electrons. The maximum absolute atomic E-state index is 13.2. The highest BCUT2D eigenvalue weighted by Crippen LogP contribution is 2.31. The van der Waals surface area contributed by atoms with Crippen molar-refractivity contribution in [3.05, 3.63) is 93.5 Å². The van der Waals surface area contributed by atoms with Gasteiger partial charge in [-0.05, 0) is 78.0 Å². The van der Waals surface area contributed by atoms with E-state index in [1.807, 2.05) is 0 Å². The van der Waals surface area contributed by atoms with Gasteiger partial charge < -0.3 is 14.6 Å². The minimum absolute atomic E-state index is 0.00207. The molecule has 0 bridgehead atoms. The van der Waals surface area contributed by atoms with Crippen LogP contribution in [0.15, 0.2) is 76.8 Å². The van der Waals surface area contributed by atoms with E-state index >= 15 is 0 Å². The van der Waals surface area contributed by atoms with Crippen molar-refractivity contribution in [2.45, 2.75) is 6.61 Å². The van der Waals surface area contributed by atoms with Crippen molar-refractivity contribution in [2.24, 2.45) is 0 Å². The largest absolute Gasteiger partial charge is 0.493 e. The van der Waals surface area contributed by atoms with E-state index in [0.29, 0.717) is 28.3 Å². The van der Waals surface area contributed by atoms with E-state index in [1.165, 1.54) is 30.2 Å². The minimum atomic E-state index is -1.02. The number of halogens is 1. The number of nitrogens with one attached hydrogen (secondary N) is 1. The van der Waals surface area contributed by atoms with Gasteiger partial charge in [0.1, 0.15) is 12.2 Å². The lowest BCUT2D eigenvalue weighted by molar-refractivity contribution is -0.122. The quantitative estimate of drug-likeness (QED) is 0.245. The normalized spacial score (nSPS) is 14.6. The van der Waals surface area contributed by atoms with E-state index in [2.05, 4.69) is 21.2 Å². The molecule has 2 amide bonds. The zero-order chi connectivity index (χ0) is 25.8. The Balaban J connectivity index is 1.57. The number of methoxy groups -OCH3 is 1. The monoisotopic (exact) mass is 566 g/mol. The van der Waals surface area contributed by atoms with Crippen molar-refractivity contribution >= 4 is 62.8 Å². The van der Waals surface area contributed by atoms with Crippen LogP contribution in [0.5, 0.6) is 11.5 Å².